The van der Waals surface area contributed by atoms with Gasteiger partial charge in [-0.3, -0.25) is 4.79 Å². The van der Waals surface area contributed by atoms with Crippen molar-refractivity contribution in [2.45, 2.75) is 44.9 Å². The number of hydrogen-bond acceptors (Lipinski definition) is 2. The highest BCUT2D eigenvalue weighted by Gasteiger charge is 2.19. The Balaban J connectivity index is 2.26. The highest BCUT2D eigenvalue weighted by atomic mass is 16.5. The summed E-state index contributed by atoms with van der Waals surface area (Å²) in [7, 11) is 0. The van der Waals surface area contributed by atoms with Crippen LogP contribution in [0.3, 0.4) is 0 Å². The number of unbranched alkanes of at least 4 members (excludes halogenated alkanes) is 4. The number of aliphatic carboxylic acids is 1. The van der Waals surface area contributed by atoms with E-state index in [1.807, 2.05) is 30.3 Å². The van der Waals surface area contributed by atoms with Crippen LogP contribution in [0.5, 0.6) is 0 Å². The van der Waals surface area contributed by atoms with Gasteiger partial charge in [-0.05, 0) is 12.0 Å². The first-order valence-corrected chi connectivity index (χ1v) is 7.11. The first kappa shape index (κ1) is 15.7. The van der Waals surface area contributed by atoms with Crippen LogP contribution < -0.4 is 0 Å². The molecule has 106 valence electrons. The average molecular weight is 264 g/mol. The van der Waals surface area contributed by atoms with Crippen LogP contribution in [0, 0.1) is 0 Å². The molecule has 0 radical (unpaired) electrons. The van der Waals surface area contributed by atoms with E-state index in [0.717, 1.165) is 18.4 Å². The summed E-state index contributed by atoms with van der Waals surface area (Å²) in [5.74, 6) is -1.38. The van der Waals surface area contributed by atoms with Gasteiger partial charge in [-0.1, -0.05) is 62.9 Å². The van der Waals surface area contributed by atoms with E-state index in [4.69, 9.17) is 4.74 Å². The lowest BCUT2D eigenvalue weighted by Gasteiger charge is -2.13. The van der Waals surface area contributed by atoms with E-state index in [1.165, 1.54) is 19.3 Å². The molecule has 0 aliphatic rings. The Bertz CT molecular complexity index is 348. The minimum Gasteiger partial charge on any atom is -0.481 e. The standard InChI is InChI=1S/C16H24O3/c1-2-3-4-5-9-12-19-13-15(16(17)18)14-10-7-6-8-11-14/h6-8,10-11,15H,2-5,9,12-13H2,1H3,(H,17,18). The average Bonchev–Trinajstić information content (AvgIpc) is 2.42. The van der Waals surface area contributed by atoms with E-state index < -0.39 is 11.9 Å². The second-order valence-electron chi connectivity index (χ2n) is 4.79. The summed E-state index contributed by atoms with van der Waals surface area (Å²) in [5, 5.41) is 9.22. The first-order chi connectivity index (χ1) is 9.25. The lowest BCUT2D eigenvalue weighted by atomic mass is 10.0. The summed E-state index contributed by atoms with van der Waals surface area (Å²) in [4.78, 5) is 11.2. The molecule has 0 amide bonds. The zero-order chi connectivity index (χ0) is 13.9. The van der Waals surface area contributed by atoms with Crippen molar-refractivity contribution >= 4 is 5.97 Å². The van der Waals surface area contributed by atoms with Crippen LogP contribution in [-0.2, 0) is 9.53 Å². The Kier molecular flexibility index (Phi) is 7.91. The lowest BCUT2D eigenvalue weighted by Crippen LogP contribution is -2.18. The molecule has 1 rings (SSSR count). The van der Waals surface area contributed by atoms with Crippen LogP contribution in [0.25, 0.3) is 0 Å². The van der Waals surface area contributed by atoms with Crippen molar-refractivity contribution in [3.63, 3.8) is 0 Å². The molecule has 0 heterocycles. The normalized spacial score (nSPS) is 12.3. The molecule has 0 aliphatic heterocycles. The predicted octanol–water partition coefficient (Wildman–Crippen LogP) is 3.84. The van der Waals surface area contributed by atoms with E-state index in [0.29, 0.717) is 6.61 Å². The van der Waals surface area contributed by atoms with Crippen molar-refractivity contribution in [2.24, 2.45) is 0 Å². The van der Waals surface area contributed by atoms with Gasteiger partial charge in [0, 0.05) is 6.61 Å². The summed E-state index contributed by atoms with van der Waals surface area (Å²) in [6.45, 7) is 3.10. The van der Waals surface area contributed by atoms with Crippen molar-refractivity contribution in [1.29, 1.82) is 0 Å². The molecule has 1 aromatic carbocycles. The summed E-state index contributed by atoms with van der Waals surface area (Å²) in [6, 6.07) is 9.27. The molecular formula is C16H24O3. The third-order valence-corrected chi connectivity index (χ3v) is 3.18. The molecule has 0 spiro atoms. The maximum Gasteiger partial charge on any atom is 0.313 e. The molecule has 0 bridgehead atoms. The molecule has 0 fully saturated rings. The van der Waals surface area contributed by atoms with E-state index in [2.05, 4.69) is 6.92 Å². The molecule has 0 saturated carbocycles. The maximum atomic E-state index is 11.2. The summed E-state index contributed by atoms with van der Waals surface area (Å²) in [6.07, 6.45) is 5.91. The largest absolute Gasteiger partial charge is 0.481 e. The number of rotatable bonds is 10. The number of benzene rings is 1. The van der Waals surface area contributed by atoms with Gasteiger partial charge in [-0.2, -0.15) is 0 Å². The van der Waals surface area contributed by atoms with E-state index in [1.54, 1.807) is 0 Å². The Morgan fingerprint density at radius 3 is 2.47 bits per heavy atom. The van der Waals surface area contributed by atoms with Crippen molar-refractivity contribution in [3.05, 3.63) is 35.9 Å². The summed E-state index contributed by atoms with van der Waals surface area (Å²) < 4.78 is 5.51. The Hall–Kier alpha value is -1.35. The minimum absolute atomic E-state index is 0.257. The molecule has 3 heteroatoms. The summed E-state index contributed by atoms with van der Waals surface area (Å²) in [5.41, 5.74) is 0.806. The maximum absolute atomic E-state index is 11.2. The predicted molar refractivity (Wildman–Crippen MR) is 76.4 cm³/mol. The molecule has 1 unspecified atom stereocenters. The van der Waals surface area contributed by atoms with Crippen LogP contribution >= 0.6 is 0 Å². The molecule has 0 aliphatic carbocycles. The van der Waals surface area contributed by atoms with Gasteiger partial charge in [0.15, 0.2) is 0 Å². The zero-order valence-corrected chi connectivity index (χ0v) is 11.7. The van der Waals surface area contributed by atoms with Crippen LogP contribution in [0.4, 0.5) is 0 Å². The van der Waals surface area contributed by atoms with Crippen molar-refractivity contribution < 1.29 is 14.6 Å². The third-order valence-electron chi connectivity index (χ3n) is 3.18. The van der Waals surface area contributed by atoms with Gasteiger partial charge in [-0.15, -0.1) is 0 Å². The van der Waals surface area contributed by atoms with E-state index in [-0.39, 0.29) is 6.61 Å². The highest BCUT2D eigenvalue weighted by Crippen LogP contribution is 2.16. The van der Waals surface area contributed by atoms with Gasteiger partial charge in [0.1, 0.15) is 5.92 Å². The number of carboxylic acid groups (broad SMARTS) is 1. The van der Waals surface area contributed by atoms with Gasteiger partial charge < -0.3 is 9.84 Å². The second kappa shape index (κ2) is 9.56. The van der Waals surface area contributed by atoms with Gasteiger partial charge in [0.2, 0.25) is 0 Å². The first-order valence-electron chi connectivity index (χ1n) is 7.11. The fourth-order valence-corrected chi connectivity index (χ4v) is 2.00. The van der Waals surface area contributed by atoms with Gasteiger partial charge in [0.25, 0.3) is 0 Å². The van der Waals surface area contributed by atoms with Crippen LogP contribution in [0.2, 0.25) is 0 Å². The topological polar surface area (TPSA) is 46.5 Å². The van der Waals surface area contributed by atoms with Gasteiger partial charge in [0.05, 0.1) is 6.61 Å². The quantitative estimate of drug-likeness (QED) is 0.653. The van der Waals surface area contributed by atoms with Crippen molar-refractivity contribution in [1.82, 2.24) is 0 Å². The Labute approximate surface area is 115 Å². The Morgan fingerprint density at radius 1 is 1.16 bits per heavy atom. The molecule has 19 heavy (non-hydrogen) atoms. The van der Waals surface area contributed by atoms with E-state index in [9.17, 15) is 9.90 Å². The zero-order valence-electron chi connectivity index (χ0n) is 11.7. The molecule has 3 nitrogen and oxygen atoms in total. The minimum atomic E-state index is -0.822. The highest BCUT2D eigenvalue weighted by molar-refractivity contribution is 5.76. The van der Waals surface area contributed by atoms with E-state index >= 15 is 0 Å². The smallest absolute Gasteiger partial charge is 0.313 e. The number of carbonyl (C=O) groups is 1. The van der Waals surface area contributed by atoms with Crippen LogP contribution in [0.1, 0.15) is 50.5 Å². The SMILES string of the molecule is CCCCCCCOCC(C(=O)O)c1ccccc1. The van der Waals surface area contributed by atoms with Crippen molar-refractivity contribution in [2.75, 3.05) is 13.2 Å². The fraction of sp³-hybridized carbons (Fsp3) is 0.562. The Morgan fingerprint density at radius 2 is 1.84 bits per heavy atom. The third kappa shape index (κ3) is 6.39. The van der Waals surface area contributed by atoms with Crippen LogP contribution in [-0.4, -0.2) is 24.3 Å². The fourth-order valence-electron chi connectivity index (χ4n) is 2.00. The molecule has 1 atom stereocenters. The number of hydrogen-bond donors (Lipinski definition) is 1. The second-order valence-corrected chi connectivity index (χ2v) is 4.79. The molecule has 0 aromatic heterocycles. The van der Waals surface area contributed by atoms with Gasteiger partial charge in [-0.25, -0.2) is 0 Å². The molecule has 1 N–H and O–H groups in total. The number of carboxylic acids is 1. The van der Waals surface area contributed by atoms with Gasteiger partial charge >= 0.3 is 5.97 Å². The molecular weight excluding hydrogens is 240 g/mol. The monoisotopic (exact) mass is 264 g/mol. The lowest BCUT2D eigenvalue weighted by molar-refractivity contribution is -0.140. The number of ether oxygens (including phenoxy) is 1. The molecule has 1 aromatic rings. The summed E-state index contributed by atoms with van der Waals surface area (Å²) >= 11 is 0. The van der Waals surface area contributed by atoms with Crippen molar-refractivity contribution in [3.8, 4) is 0 Å². The molecule has 0 saturated heterocycles. The van der Waals surface area contributed by atoms with Crippen LogP contribution in [0.15, 0.2) is 30.3 Å².